The monoisotopic (exact) mass is 426 g/mol. The largest absolute Gasteiger partial charge is 0.493 e. The van der Waals surface area contributed by atoms with Crippen molar-refractivity contribution < 1.29 is 23.9 Å². The first kappa shape index (κ1) is 23.9. The molecule has 0 radical (unpaired) electrons. The van der Waals surface area contributed by atoms with E-state index in [-0.39, 0.29) is 18.5 Å². The molecule has 0 unspecified atom stereocenters. The van der Waals surface area contributed by atoms with E-state index in [4.69, 9.17) is 9.47 Å². The predicted octanol–water partition coefficient (Wildman–Crippen LogP) is 2.88. The first-order valence-corrected chi connectivity index (χ1v) is 10.4. The van der Waals surface area contributed by atoms with Crippen molar-refractivity contribution in [3.05, 3.63) is 65.7 Å². The van der Waals surface area contributed by atoms with Crippen LogP contribution in [0.2, 0.25) is 0 Å². The number of amides is 2. The first-order chi connectivity index (χ1) is 14.9. The summed E-state index contributed by atoms with van der Waals surface area (Å²) in [6.45, 7) is 5.30. The number of hydrogen-bond acceptors (Lipinski definition) is 5. The normalized spacial score (nSPS) is 12.4. The van der Waals surface area contributed by atoms with Crippen molar-refractivity contribution in [1.29, 1.82) is 0 Å². The molecule has 166 valence electrons. The predicted molar refractivity (Wildman–Crippen MR) is 118 cm³/mol. The van der Waals surface area contributed by atoms with Crippen LogP contribution in [0, 0.1) is 0 Å². The van der Waals surface area contributed by atoms with Gasteiger partial charge in [0.15, 0.2) is 6.10 Å². The molecule has 0 aliphatic rings. The molecular weight excluding hydrogens is 396 g/mol. The van der Waals surface area contributed by atoms with Crippen LogP contribution in [-0.4, -0.2) is 43.1 Å². The third-order valence-corrected chi connectivity index (χ3v) is 4.60. The second-order valence-electron chi connectivity index (χ2n) is 7.18. The summed E-state index contributed by atoms with van der Waals surface area (Å²) >= 11 is 0. The van der Waals surface area contributed by atoms with Gasteiger partial charge >= 0.3 is 5.97 Å². The summed E-state index contributed by atoms with van der Waals surface area (Å²) in [6, 6.07) is 16.7. The Balaban J connectivity index is 1.74. The molecular formula is C24H30N2O5. The van der Waals surface area contributed by atoms with Crippen LogP contribution in [0.15, 0.2) is 54.6 Å². The average Bonchev–Trinajstić information content (AvgIpc) is 2.77. The topological polar surface area (TPSA) is 93.7 Å². The van der Waals surface area contributed by atoms with Crippen LogP contribution in [0.25, 0.3) is 0 Å². The average molecular weight is 427 g/mol. The Morgan fingerprint density at radius 3 is 2.35 bits per heavy atom. The summed E-state index contributed by atoms with van der Waals surface area (Å²) < 4.78 is 10.6. The van der Waals surface area contributed by atoms with Crippen molar-refractivity contribution in [3.8, 4) is 5.75 Å². The van der Waals surface area contributed by atoms with Gasteiger partial charge in [-0.1, -0.05) is 42.5 Å². The molecule has 2 aromatic rings. The zero-order valence-corrected chi connectivity index (χ0v) is 18.2. The number of rotatable bonds is 11. The van der Waals surface area contributed by atoms with E-state index in [2.05, 4.69) is 10.6 Å². The maximum Gasteiger partial charge on any atom is 0.326 e. The summed E-state index contributed by atoms with van der Waals surface area (Å²) in [4.78, 5) is 36.7. The van der Waals surface area contributed by atoms with Crippen LogP contribution in [-0.2, 0) is 20.7 Å². The number of hydrogen-bond donors (Lipinski definition) is 2. The second kappa shape index (κ2) is 12.4. The molecule has 0 saturated carbocycles. The van der Waals surface area contributed by atoms with E-state index in [0.717, 1.165) is 12.8 Å². The van der Waals surface area contributed by atoms with Crippen LogP contribution in [0.4, 0.5) is 0 Å². The fourth-order valence-electron chi connectivity index (χ4n) is 2.94. The van der Waals surface area contributed by atoms with Crippen molar-refractivity contribution in [2.24, 2.45) is 0 Å². The minimum Gasteiger partial charge on any atom is -0.493 e. The minimum atomic E-state index is -0.959. The standard InChI is InChI=1S/C24H30N2O5/c1-4-30-21-13-9-8-12-20(21)24(29)25-16-22(27)31-18(3)23(28)26-17(2)14-15-19-10-6-5-7-11-19/h5-13,17-18H,4,14-16H2,1-3H3,(H,25,29)(H,26,28)/t17-,18-/m1/s1. The second-order valence-corrected chi connectivity index (χ2v) is 7.18. The van der Waals surface area contributed by atoms with Gasteiger partial charge in [-0.3, -0.25) is 14.4 Å². The van der Waals surface area contributed by atoms with Gasteiger partial charge in [0.25, 0.3) is 11.8 Å². The van der Waals surface area contributed by atoms with Crippen molar-refractivity contribution in [2.45, 2.75) is 45.8 Å². The summed E-state index contributed by atoms with van der Waals surface area (Å²) in [7, 11) is 0. The molecule has 0 spiro atoms. The van der Waals surface area contributed by atoms with Gasteiger partial charge in [0.05, 0.1) is 12.2 Å². The van der Waals surface area contributed by atoms with E-state index in [0.29, 0.717) is 17.9 Å². The minimum absolute atomic E-state index is 0.0661. The van der Waals surface area contributed by atoms with E-state index in [9.17, 15) is 14.4 Å². The number of nitrogens with one attached hydrogen (secondary N) is 2. The molecule has 0 aliphatic heterocycles. The highest BCUT2D eigenvalue weighted by molar-refractivity contribution is 5.98. The summed E-state index contributed by atoms with van der Waals surface area (Å²) in [6.07, 6.45) is 0.650. The Morgan fingerprint density at radius 2 is 1.65 bits per heavy atom. The number of ether oxygens (including phenoxy) is 2. The number of aryl methyl sites for hydroxylation is 1. The molecule has 2 N–H and O–H groups in total. The van der Waals surface area contributed by atoms with Gasteiger partial charge < -0.3 is 20.1 Å². The van der Waals surface area contributed by atoms with Crippen molar-refractivity contribution in [1.82, 2.24) is 10.6 Å². The van der Waals surface area contributed by atoms with E-state index >= 15 is 0 Å². The Bertz CT molecular complexity index is 869. The molecule has 0 heterocycles. The lowest BCUT2D eigenvalue weighted by Crippen LogP contribution is -2.42. The number of para-hydroxylation sites is 1. The highest BCUT2D eigenvalue weighted by Crippen LogP contribution is 2.17. The Morgan fingerprint density at radius 1 is 0.968 bits per heavy atom. The summed E-state index contributed by atoms with van der Waals surface area (Å²) in [5.74, 6) is -1.08. The van der Waals surface area contributed by atoms with E-state index < -0.39 is 18.0 Å². The number of carbonyl (C=O) groups excluding carboxylic acids is 3. The highest BCUT2D eigenvalue weighted by atomic mass is 16.5. The SMILES string of the molecule is CCOc1ccccc1C(=O)NCC(=O)O[C@H](C)C(=O)N[C@H](C)CCc1ccccc1. The molecule has 0 fully saturated rings. The highest BCUT2D eigenvalue weighted by Gasteiger charge is 2.20. The molecule has 7 nitrogen and oxygen atoms in total. The Kier molecular flexibility index (Phi) is 9.55. The van der Waals surface area contributed by atoms with Crippen LogP contribution >= 0.6 is 0 Å². The number of carbonyl (C=O) groups is 3. The Hall–Kier alpha value is -3.35. The zero-order valence-electron chi connectivity index (χ0n) is 18.2. The molecule has 2 aromatic carbocycles. The molecule has 2 atom stereocenters. The molecule has 0 bridgehead atoms. The molecule has 2 rings (SSSR count). The maximum absolute atomic E-state index is 12.3. The summed E-state index contributed by atoms with van der Waals surface area (Å²) in [5.41, 5.74) is 1.53. The van der Waals surface area contributed by atoms with Crippen LogP contribution < -0.4 is 15.4 Å². The third kappa shape index (κ3) is 8.12. The molecule has 0 aliphatic carbocycles. The lowest BCUT2D eigenvalue weighted by molar-refractivity contribution is -0.154. The van der Waals surface area contributed by atoms with Gasteiger partial charge in [-0.25, -0.2) is 0 Å². The smallest absolute Gasteiger partial charge is 0.326 e. The quantitative estimate of drug-likeness (QED) is 0.539. The molecule has 7 heteroatoms. The van der Waals surface area contributed by atoms with Crippen molar-refractivity contribution in [2.75, 3.05) is 13.2 Å². The van der Waals surface area contributed by atoms with Gasteiger partial charge in [-0.2, -0.15) is 0 Å². The zero-order chi connectivity index (χ0) is 22.6. The van der Waals surface area contributed by atoms with Gasteiger partial charge in [0.2, 0.25) is 0 Å². The van der Waals surface area contributed by atoms with Crippen LogP contribution in [0.3, 0.4) is 0 Å². The number of esters is 1. The van der Waals surface area contributed by atoms with Crippen LogP contribution in [0.1, 0.15) is 43.1 Å². The van der Waals surface area contributed by atoms with E-state index in [1.807, 2.05) is 44.2 Å². The van der Waals surface area contributed by atoms with E-state index in [1.54, 1.807) is 24.3 Å². The first-order valence-electron chi connectivity index (χ1n) is 10.4. The van der Waals surface area contributed by atoms with Gasteiger partial charge in [-0.15, -0.1) is 0 Å². The fourth-order valence-corrected chi connectivity index (χ4v) is 2.94. The van der Waals surface area contributed by atoms with Gasteiger partial charge in [-0.05, 0) is 51.3 Å². The lowest BCUT2D eigenvalue weighted by Gasteiger charge is -2.18. The van der Waals surface area contributed by atoms with Crippen molar-refractivity contribution >= 4 is 17.8 Å². The van der Waals surface area contributed by atoms with Gasteiger partial charge in [0, 0.05) is 6.04 Å². The molecule has 31 heavy (non-hydrogen) atoms. The molecule has 0 saturated heterocycles. The molecule has 2 amide bonds. The summed E-state index contributed by atoms with van der Waals surface area (Å²) in [5, 5.41) is 5.34. The lowest BCUT2D eigenvalue weighted by atomic mass is 10.1. The van der Waals surface area contributed by atoms with Crippen LogP contribution in [0.5, 0.6) is 5.75 Å². The van der Waals surface area contributed by atoms with E-state index in [1.165, 1.54) is 12.5 Å². The Labute approximate surface area is 183 Å². The van der Waals surface area contributed by atoms with Gasteiger partial charge in [0.1, 0.15) is 12.3 Å². The van der Waals surface area contributed by atoms with Crippen molar-refractivity contribution in [3.63, 3.8) is 0 Å². The third-order valence-electron chi connectivity index (χ3n) is 4.60. The number of benzene rings is 2. The molecule has 0 aromatic heterocycles. The maximum atomic E-state index is 12.3. The fraction of sp³-hybridized carbons (Fsp3) is 0.375.